The zero-order valence-electron chi connectivity index (χ0n) is 11.0. The molecule has 1 aromatic carbocycles. The Morgan fingerprint density at radius 2 is 2.15 bits per heavy atom. The molecule has 1 aromatic rings. The van der Waals surface area contributed by atoms with Crippen LogP contribution in [0.25, 0.3) is 0 Å². The Balaban J connectivity index is 1.89. The molecule has 1 atom stereocenters. The maximum atomic E-state index is 11.9. The molecule has 1 N–H and O–H groups in total. The summed E-state index contributed by atoms with van der Waals surface area (Å²) < 4.78 is 10.0. The fourth-order valence-electron chi connectivity index (χ4n) is 1.99. The van der Waals surface area contributed by atoms with Crippen LogP contribution in [0, 0.1) is 0 Å². The summed E-state index contributed by atoms with van der Waals surface area (Å²) in [6.45, 7) is 0.0241. The highest BCUT2D eigenvalue weighted by Crippen LogP contribution is 2.18. The van der Waals surface area contributed by atoms with E-state index in [1.54, 1.807) is 0 Å². The quantitative estimate of drug-likeness (QED) is 0.822. The van der Waals surface area contributed by atoms with Crippen molar-refractivity contribution in [3.8, 4) is 0 Å². The standard InChI is InChI=1S/C14H17NO5/c16-8-4-7-12-13(17)20-10-15(12)14(18)19-9-11-5-2-1-3-6-11/h1-3,5-6,12,16H,4,7-10H2/t12-/m0/s1. The first-order chi connectivity index (χ1) is 9.72. The average Bonchev–Trinajstić information content (AvgIpc) is 2.85. The smallest absolute Gasteiger partial charge is 0.413 e. The number of nitrogens with zero attached hydrogens (tertiary/aromatic N) is 1. The zero-order valence-corrected chi connectivity index (χ0v) is 11.0. The molecule has 1 amide bonds. The number of amides is 1. The maximum absolute atomic E-state index is 11.9. The number of carbonyl (C=O) groups is 2. The van der Waals surface area contributed by atoms with Crippen LogP contribution in [0.5, 0.6) is 0 Å². The van der Waals surface area contributed by atoms with E-state index < -0.39 is 18.1 Å². The number of carbonyl (C=O) groups excluding carboxylic acids is 2. The highest BCUT2D eigenvalue weighted by atomic mass is 16.6. The molecule has 0 unspecified atom stereocenters. The van der Waals surface area contributed by atoms with Crippen molar-refractivity contribution in [2.75, 3.05) is 13.3 Å². The lowest BCUT2D eigenvalue weighted by Gasteiger charge is -2.19. The van der Waals surface area contributed by atoms with Crippen LogP contribution in [0.15, 0.2) is 30.3 Å². The molecule has 1 aliphatic rings. The number of cyclic esters (lactones) is 1. The van der Waals surface area contributed by atoms with Gasteiger partial charge in [-0.3, -0.25) is 4.90 Å². The molecule has 0 spiro atoms. The van der Waals surface area contributed by atoms with Gasteiger partial charge in [0.2, 0.25) is 0 Å². The molecule has 108 valence electrons. The van der Waals surface area contributed by atoms with Gasteiger partial charge in [0.05, 0.1) is 0 Å². The summed E-state index contributed by atoms with van der Waals surface area (Å²) in [6, 6.07) is 8.63. The lowest BCUT2D eigenvalue weighted by atomic mass is 10.1. The highest BCUT2D eigenvalue weighted by Gasteiger charge is 2.38. The van der Waals surface area contributed by atoms with Crippen LogP contribution >= 0.6 is 0 Å². The van der Waals surface area contributed by atoms with E-state index in [1.165, 1.54) is 4.90 Å². The second-order valence-corrected chi connectivity index (χ2v) is 4.48. The number of ether oxygens (including phenoxy) is 2. The van der Waals surface area contributed by atoms with Crippen LogP contribution in [0.1, 0.15) is 18.4 Å². The number of hydrogen-bond acceptors (Lipinski definition) is 5. The third-order valence-electron chi connectivity index (χ3n) is 3.07. The number of esters is 1. The van der Waals surface area contributed by atoms with Crippen LogP contribution in [-0.4, -0.2) is 41.4 Å². The number of rotatable bonds is 5. The summed E-state index contributed by atoms with van der Waals surface area (Å²) >= 11 is 0. The SMILES string of the molecule is O=C1OCN(C(=O)OCc2ccccc2)[C@H]1CCCO. The molecule has 0 saturated carbocycles. The van der Waals surface area contributed by atoms with E-state index in [1.807, 2.05) is 30.3 Å². The monoisotopic (exact) mass is 279 g/mol. The second-order valence-electron chi connectivity index (χ2n) is 4.48. The van der Waals surface area contributed by atoms with Gasteiger partial charge in [0.1, 0.15) is 12.6 Å². The minimum Gasteiger partial charge on any atom is -0.444 e. The minimum absolute atomic E-state index is 0.0311. The van der Waals surface area contributed by atoms with Gasteiger partial charge in [-0.25, -0.2) is 9.59 Å². The molecule has 0 radical (unpaired) electrons. The Hall–Kier alpha value is -2.08. The van der Waals surface area contributed by atoms with Gasteiger partial charge in [-0.2, -0.15) is 0 Å². The van der Waals surface area contributed by atoms with E-state index in [0.717, 1.165) is 5.56 Å². The molecule has 20 heavy (non-hydrogen) atoms. The molecular formula is C14H17NO5. The van der Waals surface area contributed by atoms with Crippen molar-refractivity contribution in [2.24, 2.45) is 0 Å². The fourth-order valence-corrected chi connectivity index (χ4v) is 1.99. The van der Waals surface area contributed by atoms with Crippen molar-refractivity contribution in [1.29, 1.82) is 0 Å². The summed E-state index contributed by atoms with van der Waals surface area (Å²) in [5, 5.41) is 8.80. The first-order valence-electron chi connectivity index (χ1n) is 6.47. The van der Waals surface area contributed by atoms with Crippen molar-refractivity contribution in [3.63, 3.8) is 0 Å². The van der Waals surface area contributed by atoms with E-state index in [-0.39, 0.29) is 19.9 Å². The maximum Gasteiger partial charge on any atom is 0.413 e. The Bertz CT molecular complexity index is 462. The number of aliphatic hydroxyl groups is 1. The number of benzene rings is 1. The van der Waals surface area contributed by atoms with Crippen molar-refractivity contribution in [1.82, 2.24) is 4.90 Å². The third-order valence-corrected chi connectivity index (χ3v) is 3.07. The van der Waals surface area contributed by atoms with Gasteiger partial charge in [0.15, 0.2) is 6.73 Å². The lowest BCUT2D eigenvalue weighted by molar-refractivity contribution is -0.139. The van der Waals surface area contributed by atoms with Crippen molar-refractivity contribution >= 4 is 12.1 Å². The minimum atomic E-state index is -0.662. The molecule has 0 aromatic heterocycles. The van der Waals surface area contributed by atoms with Gasteiger partial charge in [0.25, 0.3) is 0 Å². The van der Waals surface area contributed by atoms with Gasteiger partial charge < -0.3 is 14.6 Å². The zero-order chi connectivity index (χ0) is 14.4. The molecular weight excluding hydrogens is 262 g/mol. The third kappa shape index (κ3) is 3.48. The Morgan fingerprint density at radius 3 is 2.85 bits per heavy atom. The average molecular weight is 279 g/mol. The predicted molar refractivity (Wildman–Crippen MR) is 69.5 cm³/mol. The van der Waals surface area contributed by atoms with Crippen molar-refractivity contribution in [2.45, 2.75) is 25.5 Å². The van der Waals surface area contributed by atoms with E-state index in [0.29, 0.717) is 12.8 Å². The Morgan fingerprint density at radius 1 is 1.40 bits per heavy atom. The highest BCUT2D eigenvalue weighted by molar-refractivity contribution is 5.83. The first-order valence-corrected chi connectivity index (χ1v) is 6.47. The topological polar surface area (TPSA) is 76.1 Å². The van der Waals surface area contributed by atoms with Crippen LogP contribution in [0.2, 0.25) is 0 Å². The summed E-state index contributed by atoms with van der Waals surface area (Å²) in [6.07, 6.45) is 0.223. The van der Waals surface area contributed by atoms with Crippen LogP contribution in [0.3, 0.4) is 0 Å². The van der Waals surface area contributed by atoms with Gasteiger partial charge in [-0.15, -0.1) is 0 Å². The molecule has 1 saturated heterocycles. The summed E-state index contributed by atoms with van der Waals surface area (Å²) in [4.78, 5) is 24.7. The number of hydrogen-bond donors (Lipinski definition) is 1. The molecule has 1 aliphatic heterocycles. The van der Waals surface area contributed by atoms with E-state index in [4.69, 9.17) is 14.6 Å². The van der Waals surface area contributed by atoms with Crippen LogP contribution < -0.4 is 0 Å². The van der Waals surface area contributed by atoms with E-state index >= 15 is 0 Å². The summed E-state index contributed by atoms with van der Waals surface area (Å²) in [5.74, 6) is -0.449. The number of aliphatic hydroxyl groups excluding tert-OH is 1. The van der Waals surface area contributed by atoms with Gasteiger partial charge in [0, 0.05) is 6.61 Å². The molecule has 0 aliphatic carbocycles. The second kappa shape index (κ2) is 6.91. The summed E-state index contributed by atoms with van der Waals surface area (Å²) in [7, 11) is 0. The normalized spacial score (nSPS) is 17.9. The summed E-state index contributed by atoms with van der Waals surface area (Å²) in [5.41, 5.74) is 0.874. The first kappa shape index (κ1) is 14.3. The van der Waals surface area contributed by atoms with Crippen LogP contribution in [0.4, 0.5) is 4.79 Å². The van der Waals surface area contributed by atoms with Gasteiger partial charge in [-0.1, -0.05) is 30.3 Å². The van der Waals surface area contributed by atoms with Crippen molar-refractivity contribution in [3.05, 3.63) is 35.9 Å². The Labute approximate surface area is 116 Å². The van der Waals surface area contributed by atoms with Crippen LogP contribution in [-0.2, 0) is 20.9 Å². The van der Waals surface area contributed by atoms with Gasteiger partial charge in [-0.05, 0) is 18.4 Å². The Kier molecular flexibility index (Phi) is 4.95. The molecule has 2 rings (SSSR count). The molecule has 0 bridgehead atoms. The molecule has 1 fully saturated rings. The molecule has 1 heterocycles. The predicted octanol–water partition coefficient (Wildman–Crippen LogP) is 1.28. The van der Waals surface area contributed by atoms with Crippen molar-refractivity contribution < 1.29 is 24.2 Å². The largest absolute Gasteiger partial charge is 0.444 e. The lowest BCUT2D eigenvalue weighted by Crippen LogP contribution is -2.38. The molecule has 6 nitrogen and oxygen atoms in total. The fraction of sp³-hybridized carbons (Fsp3) is 0.429. The van der Waals surface area contributed by atoms with E-state index in [2.05, 4.69) is 0 Å². The van der Waals surface area contributed by atoms with Gasteiger partial charge >= 0.3 is 12.1 Å². The molecule has 6 heteroatoms. The van der Waals surface area contributed by atoms with E-state index in [9.17, 15) is 9.59 Å².